The van der Waals surface area contributed by atoms with Crippen LogP contribution in [0.3, 0.4) is 0 Å². The van der Waals surface area contributed by atoms with E-state index in [4.69, 9.17) is 0 Å². The average Bonchev–Trinajstić information content (AvgIpc) is 2.93. The lowest BCUT2D eigenvalue weighted by Crippen LogP contribution is -1.95. The van der Waals surface area contributed by atoms with Crippen LogP contribution in [-0.2, 0) is 7.05 Å². The zero-order valence-electron chi connectivity index (χ0n) is 9.52. The quantitative estimate of drug-likeness (QED) is 0.506. The van der Waals surface area contributed by atoms with E-state index < -0.39 is 4.92 Å². The molecule has 3 aromatic rings. The van der Waals surface area contributed by atoms with Gasteiger partial charge in [0.1, 0.15) is 5.69 Å². The molecule has 0 bridgehead atoms. The van der Waals surface area contributed by atoms with Crippen LogP contribution >= 0.6 is 0 Å². The summed E-state index contributed by atoms with van der Waals surface area (Å²) in [5.74, 6) is 0. The Balaban J connectivity index is 2.23. The van der Waals surface area contributed by atoms with Crippen LogP contribution < -0.4 is 0 Å². The van der Waals surface area contributed by atoms with Gasteiger partial charge in [-0.2, -0.15) is 10.2 Å². The van der Waals surface area contributed by atoms with E-state index in [1.807, 2.05) is 0 Å². The van der Waals surface area contributed by atoms with Gasteiger partial charge < -0.3 is 0 Å². The van der Waals surface area contributed by atoms with Crippen molar-refractivity contribution in [3.05, 3.63) is 46.9 Å². The summed E-state index contributed by atoms with van der Waals surface area (Å²) in [4.78, 5) is 10.4. The molecule has 0 atom stereocenters. The first-order valence-electron chi connectivity index (χ1n) is 5.26. The lowest BCUT2D eigenvalue weighted by atomic mass is 10.2. The van der Waals surface area contributed by atoms with Crippen molar-refractivity contribution >= 4 is 16.6 Å². The van der Waals surface area contributed by atoms with E-state index in [-0.39, 0.29) is 5.69 Å². The molecule has 0 radical (unpaired) electrons. The molecule has 90 valence electrons. The predicted molar refractivity (Wildman–Crippen MR) is 64.5 cm³/mol. The van der Waals surface area contributed by atoms with Crippen molar-refractivity contribution in [2.45, 2.75) is 0 Å². The molecule has 18 heavy (non-hydrogen) atoms. The Kier molecular flexibility index (Phi) is 2.12. The van der Waals surface area contributed by atoms with Crippen molar-refractivity contribution < 1.29 is 4.92 Å². The zero-order chi connectivity index (χ0) is 12.7. The van der Waals surface area contributed by atoms with Gasteiger partial charge >= 0.3 is 0 Å². The Morgan fingerprint density at radius 3 is 2.78 bits per heavy atom. The molecule has 7 heteroatoms. The molecule has 0 spiro atoms. The van der Waals surface area contributed by atoms with E-state index >= 15 is 0 Å². The maximum atomic E-state index is 10.8. The van der Waals surface area contributed by atoms with Crippen LogP contribution in [0.2, 0.25) is 0 Å². The Hall–Kier alpha value is -2.70. The fourth-order valence-corrected chi connectivity index (χ4v) is 1.84. The Labute approximate surface area is 101 Å². The van der Waals surface area contributed by atoms with Crippen LogP contribution in [-0.4, -0.2) is 24.5 Å². The van der Waals surface area contributed by atoms with Crippen LogP contribution in [0.15, 0.2) is 36.8 Å². The van der Waals surface area contributed by atoms with E-state index in [2.05, 4.69) is 10.2 Å². The molecule has 0 amide bonds. The number of nitro groups is 1. The first-order chi connectivity index (χ1) is 8.65. The minimum atomic E-state index is -0.417. The molecular weight excluding hydrogens is 234 g/mol. The van der Waals surface area contributed by atoms with Crippen LogP contribution in [0.5, 0.6) is 0 Å². The molecule has 0 unspecified atom stereocenters. The van der Waals surface area contributed by atoms with Crippen molar-refractivity contribution in [3.8, 4) is 5.69 Å². The number of nitrogens with zero attached hydrogens (tertiary/aromatic N) is 5. The molecule has 0 saturated carbocycles. The number of rotatable bonds is 2. The molecule has 0 N–H and O–H groups in total. The standard InChI is InChI=1S/C11H9N5O2/c1-14-7-10(6-12-14)15-11-4-9(16(17)18)3-2-8(11)5-13-15/h2-7H,1H3. The largest absolute Gasteiger partial charge is 0.274 e. The topological polar surface area (TPSA) is 78.8 Å². The second kappa shape index (κ2) is 3.66. The first-order valence-corrected chi connectivity index (χ1v) is 5.26. The van der Waals surface area contributed by atoms with Crippen LogP contribution in [0.25, 0.3) is 16.6 Å². The van der Waals surface area contributed by atoms with E-state index in [9.17, 15) is 10.1 Å². The van der Waals surface area contributed by atoms with Gasteiger partial charge in [0.2, 0.25) is 0 Å². The summed E-state index contributed by atoms with van der Waals surface area (Å²) in [6, 6.07) is 4.67. The molecular formula is C11H9N5O2. The predicted octanol–water partition coefficient (Wildman–Crippen LogP) is 1.67. The summed E-state index contributed by atoms with van der Waals surface area (Å²) in [5, 5.41) is 19.9. The monoisotopic (exact) mass is 243 g/mol. The highest BCUT2D eigenvalue weighted by Crippen LogP contribution is 2.22. The number of aryl methyl sites for hydroxylation is 1. The number of nitro benzene ring substituents is 1. The third-order valence-electron chi connectivity index (χ3n) is 2.70. The number of aromatic nitrogens is 4. The van der Waals surface area contributed by atoms with Crippen LogP contribution in [0, 0.1) is 10.1 Å². The summed E-state index contributed by atoms with van der Waals surface area (Å²) < 4.78 is 3.29. The van der Waals surface area contributed by atoms with Crippen molar-refractivity contribution in [2.75, 3.05) is 0 Å². The zero-order valence-corrected chi connectivity index (χ0v) is 9.52. The molecule has 0 saturated heterocycles. The second-order valence-electron chi connectivity index (χ2n) is 3.93. The molecule has 0 aliphatic heterocycles. The molecule has 7 nitrogen and oxygen atoms in total. The molecule has 3 rings (SSSR count). The summed E-state index contributed by atoms with van der Waals surface area (Å²) in [6.45, 7) is 0. The highest BCUT2D eigenvalue weighted by molar-refractivity contribution is 5.82. The van der Waals surface area contributed by atoms with Gasteiger partial charge in [-0.15, -0.1) is 0 Å². The van der Waals surface area contributed by atoms with Crippen molar-refractivity contribution in [1.82, 2.24) is 19.6 Å². The number of hydrogen-bond acceptors (Lipinski definition) is 4. The van der Waals surface area contributed by atoms with Gasteiger partial charge in [0.15, 0.2) is 0 Å². The Bertz CT molecular complexity index is 743. The lowest BCUT2D eigenvalue weighted by Gasteiger charge is -1.98. The van der Waals surface area contributed by atoms with E-state index in [1.54, 1.807) is 41.1 Å². The van der Waals surface area contributed by atoms with Gasteiger partial charge in [0.25, 0.3) is 5.69 Å². The Morgan fingerprint density at radius 2 is 2.11 bits per heavy atom. The summed E-state index contributed by atoms with van der Waals surface area (Å²) in [6.07, 6.45) is 5.13. The SMILES string of the molecule is Cn1cc(-n2ncc3ccc([N+](=O)[O-])cc32)cn1. The summed E-state index contributed by atoms with van der Waals surface area (Å²) >= 11 is 0. The third-order valence-corrected chi connectivity index (χ3v) is 2.70. The molecule has 1 aromatic carbocycles. The van der Waals surface area contributed by atoms with Gasteiger partial charge in [0.05, 0.1) is 29.0 Å². The average molecular weight is 243 g/mol. The van der Waals surface area contributed by atoms with E-state index in [0.717, 1.165) is 11.1 Å². The van der Waals surface area contributed by atoms with Crippen molar-refractivity contribution in [1.29, 1.82) is 0 Å². The smallest absolute Gasteiger partial charge is 0.271 e. The van der Waals surface area contributed by atoms with Gasteiger partial charge in [-0.1, -0.05) is 0 Å². The maximum Gasteiger partial charge on any atom is 0.271 e. The molecule has 2 aromatic heterocycles. The fourth-order valence-electron chi connectivity index (χ4n) is 1.84. The fraction of sp³-hybridized carbons (Fsp3) is 0.0909. The summed E-state index contributed by atoms with van der Waals surface area (Å²) in [7, 11) is 1.80. The molecule has 0 fully saturated rings. The Morgan fingerprint density at radius 1 is 1.28 bits per heavy atom. The van der Waals surface area contributed by atoms with E-state index in [1.165, 1.54) is 12.1 Å². The van der Waals surface area contributed by atoms with Gasteiger partial charge in [-0.25, -0.2) is 4.68 Å². The van der Waals surface area contributed by atoms with E-state index in [0.29, 0.717) is 5.52 Å². The highest BCUT2D eigenvalue weighted by Gasteiger charge is 2.11. The van der Waals surface area contributed by atoms with Crippen LogP contribution in [0.1, 0.15) is 0 Å². The third kappa shape index (κ3) is 1.53. The first kappa shape index (κ1) is 10.5. The number of benzene rings is 1. The maximum absolute atomic E-state index is 10.8. The number of hydrogen-bond donors (Lipinski definition) is 0. The van der Waals surface area contributed by atoms with Gasteiger partial charge in [-0.3, -0.25) is 14.8 Å². The summed E-state index contributed by atoms with van der Waals surface area (Å²) in [5.41, 5.74) is 1.51. The highest BCUT2D eigenvalue weighted by atomic mass is 16.6. The van der Waals surface area contributed by atoms with Gasteiger partial charge in [0, 0.05) is 24.6 Å². The normalized spacial score (nSPS) is 10.9. The lowest BCUT2D eigenvalue weighted by molar-refractivity contribution is -0.384. The molecule has 0 aliphatic rings. The molecule has 0 aliphatic carbocycles. The second-order valence-corrected chi connectivity index (χ2v) is 3.93. The minimum absolute atomic E-state index is 0.0492. The van der Waals surface area contributed by atoms with Crippen molar-refractivity contribution in [2.24, 2.45) is 7.05 Å². The van der Waals surface area contributed by atoms with Crippen molar-refractivity contribution in [3.63, 3.8) is 0 Å². The molecule has 2 heterocycles. The number of fused-ring (bicyclic) bond motifs is 1. The minimum Gasteiger partial charge on any atom is -0.274 e. The number of non-ortho nitro benzene ring substituents is 1. The van der Waals surface area contributed by atoms with Crippen LogP contribution in [0.4, 0.5) is 5.69 Å². The van der Waals surface area contributed by atoms with Gasteiger partial charge in [-0.05, 0) is 6.07 Å².